The van der Waals surface area contributed by atoms with Crippen molar-refractivity contribution in [2.45, 2.75) is 58.8 Å². The predicted molar refractivity (Wildman–Crippen MR) is 79.6 cm³/mol. The summed E-state index contributed by atoms with van der Waals surface area (Å²) < 4.78 is 29.4. The Kier molecular flexibility index (Phi) is 7.64. The molecule has 0 aromatic carbocycles. The van der Waals surface area contributed by atoms with E-state index in [2.05, 4.69) is 13.8 Å². The van der Waals surface area contributed by atoms with Gasteiger partial charge in [0, 0.05) is 26.2 Å². The van der Waals surface area contributed by atoms with E-state index in [9.17, 15) is 0 Å². The van der Waals surface area contributed by atoms with Gasteiger partial charge in [0.1, 0.15) is 5.73 Å². The zero-order chi connectivity index (χ0) is 15.1. The van der Waals surface area contributed by atoms with Gasteiger partial charge in [-0.1, -0.05) is 6.92 Å². The molecule has 20 heavy (non-hydrogen) atoms. The van der Waals surface area contributed by atoms with E-state index < -0.39 is 8.80 Å². The summed E-state index contributed by atoms with van der Waals surface area (Å²) in [4.78, 5) is 0. The molecule has 0 saturated carbocycles. The molecule has 0 aromatic rings. The van der Waals surface area contributed by atoms with E-state index in [1.165, 1.54) is 0 Å². The van der Waals surface area contributed by atoms with Crippen LogP contribution in [0.4, 0.5) is 0 Å². The Labute approximate surface area is 124 Å². The minimum atomic E-state index is -2.79. The Hall–Kier alpha value is 0.0169. The average molecular weight is 306 g/mol. The molecule has 0 spiro atoms. The minimum Gasteiger partial charge on any atom is -0.373 e. The number of hydrogen-bond acceptors (Lipinski definition) is 5. The number of hydrogen-bond donors (Lipinski definition) is 0. The average Bonchev–Trinajstić information content (AvgIpc) is 2.38. The van der Waals surface area contributed by atoms with Gasteiger partial charge < -0.3 is 22.8 Å². The highest BCUT2D eigenvalue weighted by Gasteiger charge is 2.50. The quantitative estimate of drug-likeness (QED) is 0.549. The molecule has 0 amide bonds. The van der Waals surface area contributed by atoms with Gasteiger partial charge in [0.05, 0.1) is 18.8 Å². The van der Waals surface area contributed by atoms with E-state index in [0.29, 0.717) is 26.4 Å². The maximum Gasteiger partial charge on any atom is 0.531 e. The normalized spacial score (nSPS) is 24.4. The lowest BCUT2D eigenvalue weighted by molar-refractivity contribution is -0.177. The molecule has 1 fully saturated rings. The lowest BCUT2D eigenvalue weighted by Crippen LogP contribution is -2.59. The van der Waals surface area contributed by atoms with Crippen molar-refractivity contribution in [2.24, 2.45) is 0 Å². The smallest absolute Gasteiger partial charge is 0.373 e. The van der Waals surface area contributed by atoms with E-state index in [-0.39, 0.29) is 11.3 Å². The largest absolute Gasteiger partial charge is 0.531 e. The Morgan fingerprint density at radius 3 is 1.85 bits per heavy atom. The topological polar surface area (TPSA) is 46.2 Å². The SMILES string of the molecule is CCO[Si](OCC)(OCC)C(CC)OCC1(C)CCO1. The van der Waals surface area contributed by atoms with Crippen LogP contribution in [0.25, 0.3) is 0 Å². The molecule has 1 aliphatic heterocycles. The van der Waals surface area contributed by atoms with Gasteiger partial charge in [-0.2, -0.15) is 0 Å². The van der Waals surface area contributed by atoms with Gasteiger partial charge in [-0.15, -0.1) is 0 Å². The van der Waals surface area contributed by atoms with Crippen molar-refractivity contribution in [3.8, 4) is 0 Å². The standard InChI is InChI=1S/C14H30O5Si/c1-6-13(15-12-14(5)10-11-16-14)20(17-7-2,18-8-3)19-9-4/h13H,6-12H2,1-5H3. The Bertz CT molecular complexity index is 253. The molecular formula is C14H30O5Si. The van der Waals surface area contributed by atoms with Crippen LogP contribution in [-0.4, -0.2) is 53.2 Å². The monoisotopic (exact) mass is 306 g/mol. The summed E-state index contributed by atoms with van der Waals surface area (Å²) in [6.07, 6.45) is 1.85. The Morgan fingerprint density at radius 2 is 1.55 bits per heavy atom. The summed E-state index contributed by atoms with van der Waals surface area (Å²) in [5.41, 5.74) is -0.290. The first-order valence-electron chi connectivity index (χ1n) is 7.73. The van der Waals surface area contributed by atoms with Gasteiger partial charge in [-0.05, 0) is 34.1 Å². The summed E-state index contributed by atoms with van der Waals surface area (Å²) in [5.74, 6) is 0. The molecule has 1 saturated heterocycles. The molecule has 0 N–H and O–H groups in total. The van der Waals surface area contributed by atoms with Crippen molar-refractivity contribution < 1.29 is 22.8 Å². The number of rotatable bonds is 11. The fraction of sp³-hybridized carbons (Fsp3) is 1.00. The van der Waals surface area contributed by atoms with Crippen LogP contribution in [0, 0.1) is 0 Å². The lowest BCUT2D eigenvalue weighted by Gasteiger charge is -2.41. The third-order valence-electron chi connectivity index (χ3n) is 3.47. The molecule has 0 radical (unpaired) electrons. The van der Waals surface area contributed by atoms with Crippen molar-refractivity contribution >= 4 is 8.80 Å². The molecule has 2 unspecified atom stereocenters. The molecule has 1 heterocycles. The second kappa shape index (κ2) is 8.46. The maximum atomic E-state index is 6.08. The first-order valence-corrected chi connectivity index (χ1v) is 9.53. The van der Waals surface area contributed by atoms with Crippen LogP contribution >= 0.6 is 0 Å². The van der Waals surface area contributed by atoms with Crippen LogP contribution in [0.15, 0.2) is 0 Å². The van der Waals surface area contributed by atoms with E-state index >= 15 is 0 Å². The van der Waals surface area contributed by atoms with Gasteiger partial charge >= 0.3 is 8.80 Å². The van der Waals surface area contributed by atoms with E-state index in [0.717, 1.165) is 19.4 Å². The molecule has 0 aliphatic carbocycles. The van der Waals surface area contributed by atoms with Crippen molar-refractivity contribution in [1.82, 2.24) is 0 Å². The molecule has 0 bridgehead atoms. The summed E-state index contributed by atoms with van der Waals surface area (Å²) in [5, 5.41) is 0. The highest BCUT2D eigenvalue weighted by atomic mass is 28.4. The molecule has 6 heteroatoms. The van der Waals surface area contributed by atoms with Gasteiger partial charge in [-0.25, -0.2) is 0 Å². The molecule has 120 valence electrons. The van der Waals surface area contributed by atoms with E-state index in [1.54, 1.807) is 0 Å². The highest BCUT2D eigenvalue weighted by molar-refractivity contribution is 6.62. The van der Waals surface area contributed by atoms with Crippen molar-refractivity contribution in [2.75, 3.05) is 33.0 Å². The molecule has 1 rings (SSSR count). The minimum absolute atomic E-state index is 0.136. The summed E-state index contributed by atoms with van der Waals surface area (Å²) >= 11 is 0. The second-order valence-electron chi connectivity index (χ2n) is 5.16. The molecular weight excluding hydrogens is 276 g/mol. The highest BCUT2D eigenvalue weighted by Crippen LogP contribution is 2.28. The van der Waals surface area contributed by atoms with Crippen LogP contribution in [0.1, 0.15) is 47.5 Å². The van der Waals surface area contributed by atoms with Gasteiger partial charge in [0.15, 0.2) is 0 Å². The zero-order valence-electron chi connectivity index (χ0n) is 13.6. The van der Waals surface area contributed by atoms with Crippen LogP contribution in [0.5, 0.6) is 0 Å². The summed E-state index contributed by atoms with van der Waals surface area (Å²) in [6.45, 7) is 13.1. The van der Waals surface area contributed by atoms with E-state index in [4.69, 9.17) is 22.8 Å². The molecule has 5 nitrogen and oxygen atoms in total. The number of ether oxygens (including phenoxy) is 2. The van der Waals surface area contributed by atoms with Crippen LogP contribution < -0.4 is 0 Å². The summed E-state index contributed by atoms with van der Waals surface area (Å²) in [6, 6.07) is 0. The fourth-order valence-corrected chi connectivity index (χ4v) is 5.12. The molecule has 0 aromatic heterocycles. The van der Waals surface area contributed by atoms with Crippen LogP contribution in [0.3, 0.4) is 0 Å². The predicted octanol–water partition coefficient (Wildman–Crippen LogP) is 2.55. The van der Waals surface area contributed by atoms with Crippen molar-refractivity contribution in [1.29, 1.82) is 0 Å². The maximum absolute atomic E-state index is 6.08. The van der Waals surface area contributed by atoms with Gasteiger partial charge in [0.2, 0.25) is 0 Å². The molecule has 1 aliphatic rings. The third kappa shape index (κ3) is 4.51. The van der Waals surface area contributed by atoms with Gasteiger partial charge in [0.25, 0.3) is 0 Å². The zero-order valence-corrected chi connectivity index (χ0v) is 14.6. The van der Waals surface area contributed by atoms with E-state index in [1.807, 2.05) is 20.8 Å². The first kappa shape index (κ1) is 18.1. The second-order valence-corrected chi connectivity index (χ2v) is 7.88. The Morgan fingerprint density at radius 1 is 1.05 bits per heavy atom. The Balaban J connectivity index is 2.71. The van der Waals surface area contributed by atoms with Gasteiger partial charge in [-0.3, -0.25) is 0 Å². The fourth-order valence-electron chi connectivity index (χ4n) is 2.32. The van der Waals surface area contributed by atoms with Crippen molar-refractivity contribution in [3.63, 3.8) is 0 Å². The first-order chi connectivity index (χ1) is 9.55. The van der Waals surface area contributed by atoms with Crippen LogP contribution in [0.2, 0.25) is 0 Å². The molecule has 2 atom stereocenters. The van der Waals surface area contributed by atoms with Crippen LogP contribution in [-0.2, 0) is 22.8 Å². The lowest BCUT2D eigenvalue weighted by atomic mass is 9.99. The van der Waals surface area contributed by atoms with Crippen molar-refractivity contribution in [3.05, 3.63) is 0 Å². The third-order valence-corrected chi connectivity index (χ3v) is 6.91. The summed E-state index contributed by atoms with van der Waals surface area (Å²) in [7, 11) is -2.79.